The highest BCUT2D eigenvalue weighted by Gasteiger charge is 2.22. The van der Waals surface area contributed by atoms with Crippen molar-refractivity contribution in [2.45, 2.75) is 6.42 Å². The van der Waals surface area contributed by atoms with Crippen LogP contribution in [0, 0.1) is 0 Å². The number of aromatic nitrogens is 2. The number of pyridine rings is 1. The molecule has 0 saturated heterocycles. The molecule has 0 amide bonds. The molecule has 0 fully saturated rings. The molecule has 8 nitrogen and oxygen atoms in total. The van der Waals surface area contributed by atoms with Crippen LogP contribution in [0.15, 0.2) is 18.3 Å². The van der Waals surface area contributed by atoms with E-state index in [4.69, 9.17) is 31.6 Å². The third kappa shape index (κ3) is 3.56. The maximum atomic E-state index is 11.1. The number of aliphatic carboxylic acids is 1. The number of hydrogen-bond acceptors (Lipinski definition) is 4. The normalized spacial score (nSPS) is 11.1. The van der Waals surface area contributed by atoms with E-state index in [2.05, 4.69) is 4.98 Å². The van der Waals surface area contributed by atoms with Crippen LogP contribution >= 0.6 is 19.2 Å². The van der Waals surface area contributed by atoms with E-state index in [9.17, 15) is 9.36 Å². The van der Waals surface area contributed by atoms with Gasteiger partial charge in [0.25, 0.3) is 0 Å². The summed E-state index contributed by atoms with van der Waals surface area (Å²) >= 11 is 5.86. The van der Waals surface area contributed by atoms with Gasteiger partial charge in [-0.05, 0) is 12.1 Å². The summed E-state index contributed by atoms with van der Waals surface area (Å²) in [5.41, 5.74) is 0.0271. The topological polar surface area (TPSA) is 132 Å². The van der Waals surface area contributed by atoms with Crippen molar-refractivity contribution in [3.63, 3.8) is 0 Å². The molecule has 2 rings (SSSR count). The van der Waals surface area contributed by atoms with E-state index in [-0.39, 0.29) is 22.8 Å². The lowest BCUT2D eigenvalue weighted by Gasteiger charge is -2.04. The van der Waals surface area contributed by atoms with Crippen LogP contribution in [0.5, 0.6) is 0 Å². The number of carbonyl (C=O) groups is 1. The molecule has 0 radical (unpaired) electrons. The standard InChI is InChI=1S/C9H8ClN2O5P.CH4O/c10-5-1-2-7-11-8(18(15,16)17)4-12(7)6(5)3-9(13)14;1-2/h1-2,4H,3H2,(H,13,14)(H2,15,16,17);2H,1H3. The summed E-state index contributed by atoms with van der Waals surface area (Å²) in [7, 11) is -3.48. The lowest BCUT2D eigenvalue weighted by Crippen LogP contribution is -2.06. The Labute approximate surface area is 118 Å². The van der Waals surface area contributed by atoms with Crippen molar-refractivity contribution in [1.82, 2.24) is 9.38 Å². The van der Waals surface area contributed by atoms with Gasteiger partial charge >= 0.3 is 13.6 Å². The molecule has 2 aromatic rings. The fourth-order valence-corrected chi connectivity index (χ4v) is 2.25. The highest BCUT2D eigenvalue weighted by atomic mass is 35.5. The second-order valence-corrected chi connectivity index (χ2v) is 5.52. The van der Waals surface area contributed by atoms with Gasteiger partial charge in [-0.3, -0.25) is 9.36 Å². The minimum atomic E-state index is -4.48. The number of carboxylic acids is 1. The number of aliphatic hydroxyl groups is 1. The fraction of sp³-hybridized carbons (Fsp3) is 0.200. The molecule has 20 heavy (non-hydrogen) atoms. The molecule has 0 saturated carbocycles. The number of rotatable bonds is 3. The lowest BCUT2D eigenvalue weighted by molar-refractivity contribution is -0.136. The minimum Gasteiger partial charge on any atom is -0.481 e. The lowest BCUT2D eigenvalue weighted by atomic mass is 10.2. The Hall–Kier alpha value is -1.44. The fourth-order valence-electron chi connectivity index (χ4n) is 1.53. The molecule has 0 atom stereocenters. The van der Waals surface area contributed by atoms with E-state index in [1.807, 2.05) is 0 Å². The average Bonchev–Trinajstić information content (AvgIpc) is 2.79. The monoisotopic (exact) mass is 322 g/mol. The first kappa shape index (κ1) is 16.6. The van der Waals surface area contributed by atoms with E-state index < -0.39 is 19.0 Å². The van der Waals surface area contributed by atoms with Crippen molar-refractivity contribution >= 4 is 36.2 Å². The first-order chi connectivity index (χ1) is 9.29. The molecule has 0 aliphatic heterocycles. The van der Waals surface area contributed by atoms with Gasteiger partial charge in [-0.2, -0.15) is 0 Å². The van der Waals surface area contributed by atoms with Crippen molar-refractivity contribution in [2.75, 3.05) is 7.11 Å². The highest BCUT2D eigenvalue weighted by molar-refractivity contribution is 7.60. The summed E-state index contributed by atoms with van der Waals surface area (Å²) < 4.78 is 12.4. The van der Waals surface area contributed by atoms with E-state index in [0.717, 1.165) is 13.3 Å². The maximum Gasteiger partial charge on any atom is 0.376 e. The van der Waals surface area contributed by atoms with E-state index >= 15 is 0 Å². The zero-order valence-corrected chi connectivity index (χ0v) is 11.9. The van der Waals surface area contributed by atoms with E-state index in [1.165, 1.54) is 16.5 Å². The van der Waals surface area contributed by atoms with Crippen LogP contribution in [0.4, 0.5) is 0 Å². The smallest absolute Gasteiger partial charge is 0.376 e. The number of carboxylic acid groups (broad SMARTS) is 1. The Morgan fingerprint density at radius 2 is 2.00 bits per heavy atom. The summed E-state index contributed by atoms with van der Waals surface area (Å²) in [6, 6.07) is 2.89. The SMILES string of the molecule is CO.O=C(O)Cc1c(Cl)ccc2nc(P(=O)(O)O)cn12. The van der Waals surface area contributed by atoms with Crippen molar-refractivity contribution in [1.29, 1.82) is 0 Å². The van der Waals surface area contributed by atoms with E-state index in [1.54, 1.807) is 0 Å². The highest BCUT2D eigenvalue weighted by Crippen LogP contribution is 2.33. The van der Waals surface area contributed by atoms with Crippen molar-refractivity contribution in [3.05, 3.63) is 29.0 Å². The molecule has 4 N–H and O–H groups in total. The molecule has 0 unspecified atom stereocenters. The van der Waals surface area contributed by atoms with Crippen LogP contribution < -0.4 is 5.44 Å². The summed E-state index contributed by atoms with van der Waals surface area (Å²) in [6.07, 6.45) is 0.730. The Morgan fingerprint density at radius 1 is 1.40 bits per heavy atom. The van der Waals surface area contributed by atoms with Crippen LogP contribution in [-0.4, -0.2) is 42.5 Å². The molecule has 10 heteroatoms. The molecule has 0 aliphatic rings. The number of halogens is 1. The van der Waals surface area contributed by atoms with Crippen LogP contribution in [0.1, 0.15) is 5.69 Å². The Balaban J connectivity index is 0.000000956. The van der Waals surface area contributed by atoms with Crippen LogP contribution in [0.3, 0.4) is 0 Å². The second kappa shape index (κ2) is 6.34. The third-order valence-corrected chi connectivity index (χ3v) is 3.44. The molecule has 2 aromatic heterocycles. The molecule has 0 spiro atoms. The average molecular weight is 323 g/mol. The zero-order valence-electron chi connectivity index (χ0n) is 10.3. The minimum absolute atomic E-state index is 0.194. The maximum absolute atomic E-state index is 11.1. The Bertz CT molecular complexity index is 680. The number of nitrogens with zero attached hydrogens (tertiary/aromatic N) is 2. The number of imidazole rings is 1. The van der Waals surface area contributed by atoms with Gasteiger partial charge in [0, 0.05) is 13.3 Å². The largest absolute Gasteiger partial charge is 0.481 e. The molecule has 0 bridgehead atoms. The Kier molecular flexibility index (Phi) is 5.27. The number of hydrogen-bond donors (Lipinski definition) is 4. The third-order valence-electron chi connectivity index (χ3n) is 2.28. The number of fused-ring (bicyclic) bond motifs is 1. The predicted octanol–water partition coefficient (Wildman–Crippen LogP) is 0.0263. The Morgan fingerprint density at radius 3 is 2.50 bits per heavy atom. The van der Waals surface area contributed by atoms with Gasteiger partial charge in [-0.15, -0.1) is 0 Å². The quantitative estimate of drug-likeness (QED) is 0.586. The van der Waals surface area contributed by atoms with Gasteiger partial charge in [0.2, 0.25) is 0 Å². The molecular weight excluding hydrogens is 311 g/mol. The summed E-state index contributed by atoms with van der Waals surface area (Å²) in [5, 5.41) is 16.0. The number of aliphatic hydroxyl groups excluding tert-OH is 1. The van der Waals surface area contributed by atoms with Crippen LogP contribution in [0.2, 0.25) is 5.02 Å². The van der Waals surface area contributed by atoms with E-state index in [0.29, 0.717) is 0 Å². The summed E-state index contributed by atoms with van der Waals surface area (Å²) in [6.45, 7) is 0. The first-order valence-corrected chi connectivity index (χ1v) is 7.17. The van der Waals surface area contributed by atoms with Crippen LogP contribution in [0.25, 0.3) is 5.65 Å². The molecule has 2 heterocycles. The summed E-state index contributed by atoms with van der Waals surface area (Å²) in [4.78, 5) is 32.5. The van der Waals surface area contributed by atoms with Crippen molar-refractivity contribution < 1.29 is 29.4 Å². The molecule has 0 aromatic carbocycles. The molecular formula is C10H12ClN2O6P. The van der Waals surface area contributed by atoms with Gasteiger partial charge in [-0.25, -0.2) is 4.98 Å². The molecule has 0 aliphatic carbocycles. The first-order valence-electron chi connectivity index (χ1n) is 5.18. The van der Waals surface area contributed by atoms with Gasteiger partial charge in [0.1, 0.15) is 5.65 Å². The van der Waals surface area contributed by atoms with Gasteiger partial charge < -0.3 is 24.4 Å². The predicted molar refractivity (Wildman–Crippen MR) is 71.4 cm³/mol. The summed E-state index contributed by atoms with van der Waals surface area (Å²) in [5.74, 6) is -1.10. The van der Waals surface area contributed by atoms with Gasteiger partial charge in [0.15, 0.2) is 5.44 Å². The van der Waals surface area contributed by atoms with Gasteiger partial charge in [-0.1, -0.05) is 11.6 Å². The molecule has 110 valence electrons. The second-order valence-electron chi connectivity index (χ2n) is 3.57. The van der Waals surface area contributed by atoms with Crippen molar-refractivity contribution in [2.24, 2.45) is 0 Å². The van der Waals surface area contributed by atoms with Crippen LogP contribution in [-0.2, 0) is 15.8 Å². The van der Waals surface area contributed by atoms with Crippen molar-refractivity contribution in [3.8, 4) is 0 Å². The van der Waals surface area contributed by atoms with Gasteiger partial charge in [0.05, 0.1) is 17.1 Å². The zero-order chi connectivity index (χ0) is 15.5.